The molecule has 0 amide bonds. The second kappa shape index (κ2) is 11.8. The molecule has 0 saturated heterocycles. The van der Waals surface area contributed by atoms with Gasteiger partial charge in [-0.3, -0.25) is 0 Å². The number of rotatable bonds is 4. The zero-order valence-electron chi connectivity index (χ0n) is 31.1. The first kappa shape index (κ1) is 31.3. The van der Waals surface area contributed by atoms with Crippen molar-refractivity contribution in [1.29, 1.82) is 0 Å². The third-order valence-corrected chi connectivity index (χ3v) is 12.1. The average Bonchev–Trinajstić information content (AvgIpc) is 3.95. The van der Waals surface area contributed by atoms with Gasteiger partial charge >= 0.3 is 0 Å². The van der Waals surface area contributed by atoms with Crippen LogP contribution in [-0.4, -0.2) is 23.9 Å². The molecule has 0 spiro atoms. The Bertz CT molecular complexity index is 3720. The second-order valence-corrected chi connectivity index (χ2v) is 15.1. The summed E-state index contributed by atoms with van der Waals surface area (Å²) in [5.74, 6) is 1.93. The van der Waals surface area contributed by atoms with Gasteiger partial charge in [-0.1, -0.05) is 164 Å². The van der Waals surface area contributed by atoms with E-state index in [-0.39, 0.29) is 0 Å². The first-order valence-corrected chi connectivity index (χ1v) is 19.7. The number of hydrogen-bond donors (Lipinski definition) is 0. The molecule has 268 valence electrons. The largest absolute Gasteiger partial charge is 0.307 e. The van der Waals surface area contributed by atoms with E-state index in [1.807, 2.05) is 36.4 Å². The van der Waals surface area contributed by atoms with Gasteiger partial charge in [-0.25, -0.2) is 15.0 Å². The second-order valence-electron chi connectivity index (χ2n) is 15.1. The van der Waals surface area contributed by atoms with Crippen LogP contribution in [0.15, 0.2) is 188 Å². The maximum absolute atomic E-state index is 5.16. The minimum absolute atomic E-state index is 0.640. The van der Waals surface area contributed by atoms with Gasteiger partial charge in [-0.2, -0.15) is 0 Å². The molecule has 0 aliphatic carbocycles. The maximum atomic E-state index is 5.16. The number of nitrogens with zero attached hydrogens (tertiary/aromatic N) is 5. The molecule has 0 bridgehead atoms. The molecule has 0 N–H and O–H groups in total. The van der Waals surface area contributed by atoms with E-state index in [1.165, 1.54) is 65.2 Å². The molecule has 0 saturated carbocycles. The SMILES string of the molecule is c1ccc(-c2nc(-c3ccccc3)nc(-c3ccc(-n4c5ccccc5c5c6ccccc6c6c7cccc8c9ccccc9n(c87)c6c54)c4ccccc34)n2)cc1. The topological polar surface area (TPSA) is 48.0 Å². The van der Waals surface area contributed by atoms with E-state index in [1.54, 1.807) is 0 Å². The van der Waals surface area contributed by atoms with Crippen molar-refractivity contribution in [2.45, 2.75) is 0 Å². The molecule has 0 aliphatic heterocycles. The zero-order chi connectivity index (χ0) is 37.9. The van der Waals surface area contributed by atoms with Gasteiger partial charge in [0.25, 0.3) is 0 Å². The Morgan fingerprint density at radius 3 is 1.48 bits per heavy atom. The van der Waals surface area contributed by atoms with E-state index in [9.17, 15) is 0 Å². The Balaban J connectivity index is 1.18. The number of aromatic nitrogens is 5. The van der Waals surface area contributed by atoms with Crippen molar-refractivity contribution < 1.29 is 0 Å². The highest BCUT2D eigenvalue weighted by Crippen LogP contribution is 2.49. The highest BCUT2D eigenvalue weighted by molar-refractivity contribution is 6.39. The molecule has 0 fully saturated rings. The third kappa shape index (κ3) is 4.22. The summed E-state index contributed by atoms with van der Waals surface area (Å²) < 4.78 is 5.06. The normalized spacial score (nSPS) is 12.1. The van der Waals surface area contributed by atoms with E-state index in [4.69, 9.17) is 15.0 Å². The summed E-state index contributed by atoms with van der Waals surface area (Å²) in [6.45, 7) is 0. The Morgan fingerprint density at radius 2 is 0.793 bits per heavy atom. The molecule has 0 radical (unpaired) electrons. The fourth-order valence-corrected chi connectivity index (χ4v) is 9.70. The zero-order valence-corrected chi connectivity index (χ0v) is 31.1. The van der Waals surface area contributed by atoms with Crippen LogP contribution < -0.4 is 0 Å². The summed E-state index contributed by atoms with van der Waals surface area (Å²) in [7, 11) is 0. The number of para-hydroxylation sites is 3. The predicted octanol–water partition coefficient (Wildman–Crippen LogP) is 13.4. The molecule has 0 unspecified atom stereocenters. The standard InChI is InChI=1S/C53H31N5/c1-3-16-32(17-4-1)51-54-52(33-18-5-2-6-19-33)56-53(55-51)40-30-31-45(35-21-8-7-20-34(35)40)57-44-29-14-12-25-41(44)46-37-23-9-10-24-38(37)47-42-27-15-26-39-36-22-11-13-28-43(36)58(48(39)42)50(47)49(46)57/h1-31H. The molecule has 0 aliphatic rings. The average molecular weight is 738 g/mol. The number of fused-ring (bicyclic) bond motifs is 14. The Hall–Kier alpha value is -7.89. The van der Waals surface area contributed by atoms with Gasteiger partial charge < -0.3 is 8.97 Å². The molecular weight excluding hydrogens is 707 g/mol. The molecule has 13 rings (SSSR count). The van der Waals surface area contributed by atoms with Gasteiger partial charge in [0.05, 0.1) is 33.3 Å². The first-order chi connectivity index (χ1) is 28.8. The highest BCUT2D eigenvalue weighted by Gasteiger charge is 2.26. The van der Waals surface area contributed by atoms with Crippen LogP contribution in [0.1, 0.15) is 0 Å². The van der Waals surface area contributed by atoms with Gasteiger partial charge in [0.2, 0.25) is 0 Å². The van der Waals surface area contributed by atoms with Crippen molar-refractivity contribution in [3.63, 3.8) is 0 Å². The first-order valence-electron chi connectivity index (χ1n) is 19.7. The van der Waals surface area contributed by atoms with Gasteiger partial charge in [-0.15, -0.1) is 0 Å². The summed E-state index contributed by atoms with van der Waals surface area (Å²) in [5.41, 5.74) is 10.0. The highest BCUT2D eigenvalue weighted by atomic mass is 15.0. The minimum atomic E-state index is 0.640. The van der Waals surface area contributed by atoms with Crippen LogP contribution in [0.4, 0.5) is 0 Å². The molecule has 0 atom stereocenters. The molecular formula is C53H31N5. The monoisotopic (exact) mass is 737 g/mol. The Kier molecular flexibility index (Phi) is 6.38. The quantitative estimate of drug-likeness (QED) is 0.181. The summed E-state index contributed by atoms with van der Waals surface area (Å²) in [6, 6.07) is 67.0. The summed E-state index contributed by atoms with van der Waals surface area (Å²) in [6.07, 6.45) is 0. The van der Waals surface area contributed by atoms with E-state index in [0.717, 1.165) is 38.7 Å². The lowest BCUT2D eigenvalue weighted by molar-refractivity contribution is 1.08. The van der Waals surface area contributed by atoms with Crippen molar-refractivity contribution >= 4 is 81.4 Å². The molecule has 5 nitrogen and oxygen atoms in total. The van der Waals surface area contributed by atoms with Crippen molar-refractivity contribution in [2.24, 2.45) is 0 Å². The summed E-state index contributed by atoms with van der Waals surface area (Å²) in [4.78, 5) is 15.3. The van der Waals surface area contributed by atoms with Crippen LogP contribution in [0, 0.1) is 0 Å². The van der Waals surface area contributed by atoms with Gasteiger partial charge in [0.1, 0.15) is 0 Å². The van der Waals surface area contributed by atoms with Crippen LogP contribution in [-0.2, 0) is 0 Å². The van der Waals surface area contributed by atoms with Crippen molar-refractivity contribution in [1.82, 2.24) is 23.9 Å². The lowest BCUT2D eigenvalue weighted by atomic mass is 9.98. The van der Waals surface area contributed by atoms with Gasteiger partial charge in [0, 0.05) is 54.4 Å². The smallest absolute Gasteiger partial charge is 0.164 e. The molecule has 58 heavy (non-hydrogen) atoms. The van der Waals surface area contributed by atoms with Crippen LogP contribution in [0.5, 0.6) is 0 Å². The Morgan fingerprint density at radius 1 is 0.293 bits per heavy atom. The van der Waals surface area contributed by atoms with Crippen LogP contribution in [0.25, 0.3) is 121 Å². The van der Waals surface area contributed by atoms with Gasteiger partial charge in [-0.05, 0) is 40.4 Å². The van der Waals surface area contributed by atoms with Gasteiger partial charge in [0.15, 0.2) is 17.5 Å². The van der Waals surface area contributed by atoms with Crippen molar-refractivity contribution in [3.05, 3.63) is 188 Å². The molecule has 9 aromatic carbocycles. The fraction of sp³-hybridized carbons (Fsp3) is 0. The third-order valence-electron chi connectivity index (χ3n) is 12.1. The van der Waals surface area contributed by atoms with E-state index in [0.29, 0.717) is 17.5 Å². The fourth-order valence-electron chi connectivity index (χ4n) is 9.70. The molecule has 5 heteroatoms. The molecule has 4 aromatic heterocycles. The molecule has 13 aromatic rings. The van der Waals surface area contributed by atoms with Crippen molar-refractivity contribution in [3.8, 4) is 39.9 Å². The lowest BCUT2D eigenvalue weighted by Crippen LogP contribution is -2.02. The van der Waals surface area contributed by atoms with Crippen LogP contribution in [0.3, 0.4) is 0 Å². The summed E-state index contributed by atoms with van der Waals surface area (Å²) >= 11 is 0. The minimum Gasteiger partial charge on any atom is -0.307 e. The van der Waals surface area contributed by atoms with E-state index >= 15 is 0 Å². The predicted molar refractivity (Wildman–Crippen MR) is 240 cm³/mol. The van der Waals surface area contributed by atoms with Crippen LogP contribution in [0.2, 0.25) is 0 Å². The van der Waals surface area contributed by atoms with Crippen molar-refractivity contribution in [2.75, 3.05) is 0 Å². The molecule has 4 heterocycles. The lowest BCUT2D eigenvalue weighted by Gasteiger charge is -2.16. The Labute approximate surface area is 332 Å². The maximum Gasteiger partial charge on any atom is 0.164 e. The van der Waals surface area contributed by atoms with Crippen LogP contribution >= 0.6 is 0 Å². The number of benzene rings is 9. The van der Waals surface area contributed by atoms with E-state index < -0.39 is 0 Å². The summed E-state index contributed by atoms with van der Waals surface area (Å²) in [5, 5.41) is 12.3. The van der Waals surface area contributed by atoms with E-state index in [2.05, 4.69) is 161 Å². The number of hydrogen-bond acceptors (Lipinski definition) is 3.